The molecule has 0 aromatic heterocycles. The van der Waals surface area contributed by atoms with E-state index in [1.807, 2.05) is 0 Å². The number of aromatic carboxylic acids is 1. The van der Waals surface area contributed by atoms with Crippen LogP contribution in [0.1, 0.15) is 51.0 Å². The summed E-state index contributed by atoms with van der Waals surface area (Å²) >= 11 is -1.54. The lowest BCUT2D eigenvalue weighted by molar-refractivity contribution is -0.140. The second kappa shape index (κ2) is 9.92. The SMILES string of the molecule is Cc1cc(C(=O)O)cc(C)c1/C=C/[S@+]([O-])N1CCC2(CC1)N=C(c1ccc(F)c(C(F)(F)F)c1)NC2=O. The number of carboxylic acids is 1. The molecule has 0 bridgehead atoms. The third kappa shape index (κ3) is 5.41. The summed E-state index contributed by atoms with van der Waals surface area (Å²) < 4.78 is 67.5. The fourth-order valence-corrected chi connectivity index (χ4v) is 5.46. The summed E-state index contributed by atoms with van der Waals surface area (Å²) in [4.78, 5) is 28.4. The van der Waals surface area contributed by atoms with Crippen molar-refractivity contribution in [1.29, 1.82) is 0 Å². The molecule has 2 aromatic carbocycles. The highest BCUT2D eigenvalue weighted by atomic mass is 32.2. The van der Waals surface area contributed by atoms with Gasteiger partial charge in [-0.15, -0.1) is 4.31 Å². The minimum absolute atomic E-state index is 0.0486. The Balaban J connectivity index is 1.46. The molecule has 2 aliphatic heterocycles. The molecule has 0 radical (unpaired) electrons. The Hall–Kier alpha value is -3.22. The maximum atomic E-state index is 13.7. The first-order valence-electron chi connectivity index (χ1n) is 11.3. The zero-order valence-electron chi connectivity index (χ0n) is 19.9. The number of carbonyl (C=O) groups excluding carboxylic acids is 1. The minimum Gasteiger partial charge on any atom is -0.593 e. The predicted molar refractivity (Wildman–Crippen MR) is 130 cm³/mol. The van der Waals surface area contributed by atoms with Gasteiger partial charge in [0.05, 0.1) is 22.5 Å². The number of rotatable bonds is 5. The van der Waals surface area contributed by atoms with Gasteiger partial charge in [0.2, 0.25) is 0 Å². The van der Waals surface area contributed by atoms with Crippen LogP contribution in [0.15, 0.2) is 40.7 Å². The molecule has 1 spiro atoms. The Bertz CT molecular complexity index is 1290. The molecule has 7 nitrogen and oxygen atoms in total. The number of benzene rings is 2. The van der Waals surface area contributed by atoms with Crippen LogP contribution >= 0.6 is 0 Å². The standard InChI is InChI=1S/C25H23F4N3O4S/c1-14-11-17(22(33)34)12-15(2)18(14)5-10-37(36)32-8-6-24(7-9-32)23(35)30-21(31-24)16-3-4-20(26)19(13-16)25(27,28)29/h3-5,10-13H,6-9H2,1-2H3,(H,33,34)(H,30,31,35)/b10-5+/t37-/m0/s1. The third-order valence-electron chi connectivity index (χ3n) is 6.52. The van der Waals surface area contributed by atoms with Crippen molar-refractivity contribution in [2.24, 2.45) is 4.99 Å². The van der Waals surface area contributed by atoms with Crippen LogP contribution in [0, 0.1) is 19.7 Å². The number of nitrogens with one attached hydrogen (secondary N) is 1. The number of carbonyl (C=O) groups is 2. The Morgan fingerprint density at radius 2 is 1.81 bits per heavy atom. The lowest BCUT2D eigenvalue weighted by atomic mass is 9.89. The fraction of sp³-hybridized carbons (Fsp3) is 0.320. The van der Waals surface area contributed by atoms with Gasteiger partial charge in [-0.2, -0.15) is 13.2 Å². The Morgan fingerprint density at radius 3 is 2.38 bits per heavy atom. The van der Waals surface area contributed by atoms with E-state index in [1.165, 1.54) is 17.5 Å². The molecular weight excluding hydrogens is 514 g/mol. The highest BCUT2D eigenvalue weighted by molar-refractivity contribution is 7.92. The molecule has 0 unspecified atom stereocenters. The lowest BCUT2D eigenvalue weighted by Gasteiger charge is -2.34. The maximum absolute atomic E-state index is 13.7. The van der Waals surface area contributed by atoms with Crippen molar-refractivity contribution in [3.05, 3.63) is 74.9 Å². The molecule has 37 heavy (non-hydrogen) atoms. The second-order valence-electron chi connectivity index (χ2n) is 8.98. The van der Waals surface area contributed by atoms with Gasteiger partial charge in [-0.1, -0.05) is 0 Å². The number of nitrogens with zero attached hydrogens (tertiary/aromatic N) is 2. The normalized spacial score (nSPS) is 18.8. The first-order chi connectivity index (χ1) is 17.3. The maximum Gasteiger partial charge on any atom is 0.419 e. The molecule has 1 fully saturated rings. The van der Waals surface area contributed by atoms with E-state index in [4.69, 9.17) is 0 Å². The number of amides is 1. The van der Waals surface area contributed by atoms with Crippen LogP contribution in [0.4, 0.5) is 17.6 Å². The molecular formula is C25H23F4N3O4S. The fourth-order valence-electron chi connectivity index (χ4n) is 4.49. The van der Waals surface area contributed by atoms with E-state index < -0.39 is 46.3 Å². The van der Waals surface area contributed by atoms with Crippen molar-refractivity contribution in [2.45, 2.75) is 38.4 Å². The highest BCUT2D eigenvalue weighted by Gasteiger charge is 2.48. The van der Waals surface area contributed by atoms with E-state index in [9.17, 15) is 36.8 Å². The molecule has 12 heteroatoms. The molecule has 4 rings (SSSR count). The van der Waals surface area contributed by atoms with Crippen LogP contribution < -0.4 is 5.32 Å². The van der Waals surface area contributed by atoms with Gasteiger partial charge in [0, 0.05) is 18.7 Å². The summed E-state index contributed by atoms with van der Waals surface area (Å²) in [5.74, 6) is -2.97. The van der Waals surface area contributed by atoms with Gasteiger partial charge < -0.3 is 15.0 Å². The molecule has 1 amide bonds. The van der Waals surface area contributed by atoms with Gasteiger partial charge in [-0.25, -0.2) is 9.18 Å². The van der Waals surface area contributed by atoms with Gasteiger partial charge in [-0.05, 0) is 79.8 Å². The topological polar surface area (TPSA) is 105 Å². The molecule has 1 saturated heterocycles. The van der Waals surface area contributed by atoms with Gasteiger partial charge >= 0.3 is 12.1 Å². The average molecular weight is 538 g/mol. The van der Waals surface area contributed by atoms with Crippen molar-refractivity contribution in [2.75, 3.05) is 13.1 Å². The number of piperidine rings is 1. The van der Waals surface area contributed by atoms with Crippen molar-refractivity contribution in [3.63, 3.8) is 0 Å². The monoisotopic (exact) mass is 537 g/mol. The van der Waals surface area contributed by atoms with E-state index in [0.717, 1.165) is 22.8 Å². The molecule has 2 heterocycles. The second-order valence-corrected chi connectivity index (χ2v) is 10.3. The van der Waals surface area contributed by atoms with Crippen molar-refractivity contribution in [3.8, 4) is 0 Å². The molecule has 196 valence electrons. The van der Waals surface area contributed by atoms with E-state index in [-0.39, 0.29) is 42.9 Å². The summed E-state index contributed by atoms with van der Waals surface area (Å²) in [5.41, 5.74) is -0.319. The van der Waals surface area contributed by atoms with E-state index in [1.54, 1.807) is 24.2 Å². The van der Waals surface area contributed by atoms with Crippen LogP contribution in [0.5, 0.6) is 0 Å². The van der Waals surface area contributed by atoms with Crippen LogP contribution in [0.25, 0.3) is 6.08 Å². The van der Waals surface area contributed by atoms with Crippen LogP contribution in [0.3, 0.4) is 0 Å². The Morgan fingerprint density at radius 1 is 1.19 bits per heavy atom. The number of hydrogen-bond acceptors (Lipinski definition) is 5. The first-order valence-corrected chi connectivity index (χ1v) is 12.4. The van der Waals surface area contributed by atoms with Crippen LogP contribution in [-0.2, 0) is 22.3 Å². The van der Waals surface area contributed by atoms with Crippen LogP contribution in [-0.4, -0.2) is 50.3 Å². The third-order valence-corrected chi connectivity index (χ3v) is 7.76. The number of alkyl halides is 3. The van der Waals surface area contributed by atoms with Gasteiger partial charge in [-0.3, -0.25) is 9.79 Å². The quantitative estimate of drug-likeness (QED) is 0.439. The highest BCUT2D eigenvalue weighted by Crippen LogP contribution is 2.35. The van der Waals surface area contributed by atoms with Crippen molar-refractivity contribution in [1.82, 2.24) is 9.62 Å². The molecule has 2 N–H and O–H groups in total. The summed E-state index contributed by atoms with van der Waals surface area (Å²) in [6.07, 6.45) is -2.83. The minimum atomic E-state index is -4.89. The molecule has 1 atom stereocenters. The van der Waals surface area contributed by atoms with Gasteiger partial charge in [0.1, 0.15) is 22.6 Å². The molecule has 2 aliphatic rings. The smallest absolute Gasteiger partial charge is 0.419 e. The lowest BCUT2D eigenvalue weighted by Crippen LogP contribution is -2.50. The number of hydrogen-bond donors (Lipinski definition) is 2. The van der Waals surface area contributed by atoms with Crippen molar-refractivity contribution >= 4 is 35.2 Å². The first kappa shape index (κ1) is 26.8. The Labute approximate surface area is 213 Å². The average Bonchev–Trinajstić information content (AvgIpc) is 3.13. The number of carboxylic acid groups (broad SMARTS) is 1. The zero-order valence-corrected chi connectivity index (χ0v) is 20.7. The summed E-state index contributed by atoms with van der Waals surface area (Å²) in [7, 11) is 0. The van der Waals surface area contributed by atoms with Crippen LogP contribution in [0.2, 0.25) is 0 Å². The zero-order chi connectivity index (χ0) is 27.1. The summed E-state index contributed by atoms with van der Waals surface area (Å²) in [6, 6.07) is 5.51. The van der Waals surface area contributed by atoms with Gasteiger partial charge in [0.15, 0.2) is 0 Å². The molecule has 0 saturated carbocycles. The number of aryl methyl sites for hydroxylation is 2. The number of aliphatic imine (C=N–C) groups is 1. The van der Waals surface area contributed by atoms with Crippen molar-refractivity contribution < 1.29 is 36.8 Å². The molecule has 2 aromatic rings. The predicted octanol–water partition coefficient (Wildman–Crippen LogP) is 4.21. The van der Waals surface area contributed by atoms with E-state index in [0.29, 0.717) is 12.1 Å². The van der Waals surface area contributed by atoms with Gasteiger partial charge in [0.25, 0.3) is 5.91 Å². The molecule has 0 aliphatic carbocycles. The Kier molecular flexibility index (Phi) is 7.19. The summed E-state index contributed by atoms with van der Waals surface area (Å²) in [5, 5.41) is 13.2. The largest absolute Gasteiger partial charge is 0.593 e. The number of halogens is 4. The van der Waals surface area contributed by atoms with E-state index >= 15 is 0 Å². The number of amidine groups is 1. The van der Waals surface area contributed by atoms with E-state index in [2.05, 4.69) is 10.3 Å². The summed E-state index contributed by atoms with van der Waals surface area (Å²) in [6.45, 7) is 4.02.